The van der Waals surface area contributed by atoms with Gasteiger partial charge in [-0.25, -0.2) is 8.42 Å². The fourth-order valence-corrected chi connectivity index (χ4v) is 4.01. The second-order valence-electron chi connectivity index (χ2n) is 5.82. The minimum Gasteiger partial charge on any atom is -0.381 e. The molecule has 6 heteroatoms. The van der Waals surface area contributed by atoms with Gasteiger partial charge in [0, 0.05) is 12.3 Å². The molecule has 5 nitrogen and oxygen atoms in total. The monoisotopic (exact) mass is 345 g/mol. The van der Waals surface area contributed by atoms with Crippen LogP contribution in [0.3, 0.4) is 0 Å². The number of carbonyl (C=O) groups excluding carboxylic acids is 1. The third kappa shape index (κ3) is 4.01. The molecule has 1 saturated heterocycles. The maximum Gasteiger partial charge on any atom is 0.229 e. The number of hydrogen-bond donors (Lipinski definition) is 1. The van der Waals surface area contributed by atoms with Crippen molar-refractivity contribution < 1.29 is 17.9 Å². The highest BCUT2D eigenvalue weighted by Gasteiger charge is 2.23. The zero-order valence-electron chi connectivity index (χ0n) is 13.1. The fraction of sp³-hybridized carbons (Fsp3) is 0.278. The minimum atomic E-state index is -3.41. The summed E-state index contributed by atoms with van der Waals surface area (Å²) >= 11 is 0. The van der Waals surface area contributed by atoms with E-state index in [0.717, 1.165) is 0 Å². The lowest BCUT2D eigenvalue weighted by atomic mass is 10.1. The highest BCUT2D eigenvalue weighted by atomic mass is 32.2. The molecule has 0 bridgehead atoms. The number of nitrogens with one attached hydrogen (secondary N) is 1. The van der Waals surface area contributed by atoms with E-state index < -0.39 is 9.84 Å². The standard InChI is InChI=1S/C18H19NO4S/c20-18(15-9-10-23-12-15)19-16-6-4-5-14(11-16)13-24(21,22)17-7-2-1-3-8-17/h1-8,11,15H,9-10,12-13H2,(H,19,20)/t15-/m0/s1. The molecule has 0 spiro atoms. The van der Waals surface area contributed by atoms with Crippen molar-refractivity contribution in [3.63, 3.8) is 0 Å². The molecule has 2 aromatic carbocycles. The van der Waals surface area contributed by atoms with Crippen LogP contribution in [0.4, 0.5) is 5.69 Å². The average Bonchev–Trinajstić information content (AvgIpc) is 3.10. The predicted molar refractivity (Wildman–Crippen MR) is 91.3 cm³/mol. The number of carbonyl (C=O) groups is 1. The van der Waals surface area contributed by atoms with E-state index in [1.807, 2.05) is 0 Å². The summed E-state index contributed by atoms with van der Waals surface area (Å²) in [7, 11) is -3.41. The molecule has 2 aromatic rings. The van der Waals surface area contributed by atoms with Crippen LogP contribution in [0, 0.1) is 5.92 Å². The van der Waals surface area contributed by atoms with Gasteiger partial charge in [-0.1, -0.05) is 30.3 Å². The van der Waals surface area contributed by atoms with Gasteiger partial charge in [0.15, 0.2) is 9.84 Å². The Morgan fingerprint density at radius 2 is 1.92 bits per heavy atom. The van der Waals surface area contributed by atoms with Crippen molar-refractivity contribution in [1.82, 2.24) is 0 Å². The van der Waals surface area contributed by atoms with Gasteiger partial charge in [-0.3, -0.25) is 4.79 Å². The number of hydrogen-bond acceptors (Lipinski definition) is 4. The summed E-state index contributed by atoms with van der Waals surface area (Å²) in [6.07, 6.45) is 0.716. The SMILES string of the molecule is O=C(Nc1cccc(CS(=O)(=O)c2ccccc2)c1)[C@H]1CCOC1. The van der Waals surface area contributed by atoms with Crippen molar-refractivity contribution in [3.05, 3.63) is 60.2 Å². The molecule has 3 rings (SSSR count). The Hall–Kier alpha value is -2.18. The molecule has 126 valence electrons. The zero-order valence-corrected chi connectivity index (χ0v) is 14.0. The Morgan fingerprint density at radius 1 is 1.12 bits per heavy atom. The summed E-state index contributed by atoms with van der Waals surface area (Å²) in [5, 5.41) is 2.84. The molecule has 0 aliphatic carbocycles. The van der Waals surface area contributed by atoms with Crippen LogP contribution in [0.5, 0.6) is 0 Å². The number of ether oxygens (including phenoxy) is 1. The van der Waals surface area contributed by atoms with Crippen LogP contribution in [-0.4, -0.2) is 27.5 Å². The summed E-state index contributed by atoms with van der Waals surface area (Å²) in [6, 6.07) is 15.3. The first-order valence-electron chi connectivity index (χ1n) is 7.80. The maximum atomic E-state index is 12.4. The molecule has 0 aromatic heterocycles. The van der Waals surface area contributed by atoms with E-state index in [1.165, 1.54) is 0 Å². The van der Waals surface area contributed by atoms with Gasteiger partial charge in [0.05, 0.1) is 23.2 Å². The molecular formula is C18H19NO4S. The lowest BCUT2D eigenvalue weighted by Crippen LogP contribution is -2.22. The Balaban J connectivity index is 1.72. The average molecular weight is 345 g/mol. The van der Waals surface area contributed by atoms with Gasteiger partial charge in [0.25, 0.3) is 0 Å². The Morgan fingerprint density at radius 3 is 2.62 bits per heavy atom. The number of sulfone groups is 1. The lowest BCUT2D eigenvalue weighted by molar-refractivity contribution is -0.119. The second-order valence-corrected chi connectivity index (χ2v) is 7.81. The van der Waals surface area contributed by atoms with Gasteiger partial charge in [0.1, 0.15) is 0 Å². The van der Waals surface area contributed by atoms with Crippen molar-refractivity contribution >= 4 is 21.4 Å². The Labute approximate surface area is 141 Å². The number of rotatable bonds is 5. The van der Waals surface area contributed by atoms with E-state index in [0.29, 0.717) is 35.8 Å². The highest BCUT2D eigenvalue weighted by Crippen LogP contribution is 2.20. The van der Waals surface area contributed by atoms with Crippen molar-refractivity contribution in [3.8, 4) is 0 Å². The van der Waals surface area contributed by atoms with E-state index in [9.17, 15) is 13.2 Å². The van der Waals surface area contributed by atoms with Gasteiger partial charge >= 0.3 is 0 Å². The van der Waals surface area contributed by atoms with E-state index in [-0.39, 0.29) is 17.6 Å². The van der Waals surface area contributed by atoms with Crippen LogP contribution in [0.1, 0.15) is 12.0 Å². The largest absolute Gasteiger partial charge is 0.381 e. The van der Waals surface area contributed by atoms with E-state index in [2.05, 4.69) is 5.32 Å². The summed E-state index contributed by atoms with van der Waals surface area (Å²) < 4.78 is 30.1. The van der Waals surface area contributed by atoms with Crippen molar-refractivity contribution in [2.24, 2.45) is 5.92 Å². The van der Waals surface area contributed by atoms with E-state index >= 15 is 0 Å². The van der Waals surface area contributed by atoms with Gasteiger partial charge < -0.3 is 10.1 Å². The van der Waals surface area contributed by atoms with Crippen molar-refractivity contribution in [1.29, 1.82) is 0 Å². The molecule has 24 heavy (non-hydrogen) atoms. The van der Waals surface area contributed by atoms with Crippen LogP contribution in [-0.2, 0) is 25.1 Å². The summed E-state index contributed by atoms with van der Waals surface area (Å²) in [5.74, 6) is -0.329. The van der Waals surface area contributed by atoms with Gasteiger partial charge in [0.2, 0.25) is 5.91 Å². The topological polar surface area (TPSA) is 72.5 Å². The summed E-state index contributed by atoms with van der Waals surface area (Å²) in [6.45, 7) is 1.04. The second kappa shape index (κ2) is 7.15. The maximum absolute atomic E-state index is 12.4. The lowest BCUT2D eigenvalue weighted by Gasteiger charge is -2.11. The van der Waals surface area contributed by atoms with Gasteiger partial charge in [-0.15, -0.1) is 0 Å². The molecule has 1 aliphatic heterocycles. The number of amides is 1. The fourth-order valence-electron chi connectivity index (χ4n) is 2.66. The third-order valence-corrected chi connectivity index (χ3v) is 5.66. The smallest absolute Gasteiger partial charge is 0.229 e. The van der Waals surface area contributed by atoms with Gasteiger partial charge in [-0.2, -0.15) is 0 Å². The van der Waals surface area contributed by atoms with Crippen LogP contribution in [0.25, 0.3) is 0 Å². The molecule has 0 unspecified atom stereocenters. The molecule has 1 aliphatic rings. The molecule has 1 fully saturated rings. The third-order valence-electron chi connectivity index (χ3n) is 3.95. The molecule has 1 amide bonds. The summed E-state index contributed by atoms with van der Waals surface area (Å²) in [5.41, 5.74) is 1.24. The van der Waals surface area contributed by atoms with Crippen LogP contribution in [0.15, 0.2) is 59.5 Å². The predicted octanol–water partition coefficient (Wildman–Crippen LogP) is 2.64. The number of benzene rings is 2. The minimum absolute atomic E-state index is 0.0874. The zero-order chi connectivity index (χ0) is 17.0. The molecule has 0 saturated carbocycles. The normalized spacial score (nSPS) is 17.6. The first-order valence-corrected chi connectivity index (χ1v) is 9.45. The van der Waals surface area contributed by atoms with Crippen molar-refractivity contribution in [2.45, 2.75) is 17.1 Å². The molecule has 1 atom stereocenters. The quantitative estimate of drug-likeness (QED) is 0.904. The number of anilines is 1. The van der Waals surface area contributed by atoms with Crippen LogP contribution in [0.2, 0.25) is 0 Å². The Bertz CT molecular complexity index is 812. The van der Waals surface area contributed by atoms with Crippen molar-refractivity contribution in [2.75, 3.05) is 18.5 Å². The van der Waals surface area contributed by atoms with Crippen LogP contribution < -0.4 is 5.32 Å². The van der Waals surface area contributed by atoms with Gasteiger partial charge in [-0.05, 0) is 36.2 Å². The summed E-state index contributed by atoms with van der Waals surface area (Å²) in [4.78, 5) is 12.4. The molecular weight excluding hydrogens is 326 g/mol. The first kappa shape index (κ1) is 16.7. The van der Waals surface area contributed by atoms with E-state index in [1.54, 1.807) is 54.6 Å². The van der Waals surface area contributed by atoms with Crippen LogP contribution >= 0.6 is 0 Å². The molecule has 0 radical (unpaired) electrons. The molecule has 1 N–H and O–H groups in total. The highest BCUT2D eigenvalue weighted by molar-refractivity contribution is 7.90. The van der Waals surface area contributed by atoms with E-state index in [4.69, 9.17) is 4.74 Å². The molecule has 1 heterocycles. The Kier molecular flexibility index (Phi) is 4.97. The first-order chi connectivity index (χ1) is 11.5.